The fourth-order valence-electron chi connectivity index (χ4n) is 5.75. The first-order valence-corrected chi connectivity index (χ1v) is 13.7. The summed E-state index contributed by atoms with van der Waals surface area (Å²) in [4.78, 5) is 36.7. The number of amides is 1. The molecule has 0 spiro atoms. The van der Waals surface area contributed by atoms with Gasteiger partial charge in [0.25, 0.3) is 5.56 Å². The largest absolute Gasteiger partial charge is 0.490 e. The number of benzene rings is 1. The third kappa shape index (κ3) is 5.33. The van der Waals surface area contributed by atoms with E-state index in [1.807, 2.05) is 17.0 Å². The predicted molar refractivity (Wildman–Crippen MR) is 144 cm³/mol. The first kappa shape index (κ1) is 26.1. The van der Waals surface area contributed by atoms with Crippen molar-refractivity contribution >= 4 is 16.9 Å². The Morgan fingerprint density at radius 1 is 1.05 bits per heavy atom. The van der Waals surface area contributed by atoms with Crippen LogP contribution >= 0.6 is 0 Å². The summed E-state index contributed by atoms with van der Waals surface area (Å²) >= 11 is 0. The van der Waals surface area contributed by atoms with Gasteiger partial charge >= 0.3 is 0 Å². The fraction of sp³-hybridized carbons (Fsp3) is 0.414. The Kier molecular flexibility index (Phi) is 7.05. The Balaban J connectivity index is 1.05. The van der Waals surface area contributed by atoms with Crippen molar-refractivity contribution in [1.82, 2.24) is 29.2 Å². The summed E-state index contributed by atoms with van der Waals surface area (Å²) in [5, 5.41) is 15.9. The number of piperidine rings is 1. The van der Waals surface area contributed by atoms with Gasteiger partial charge < -0.3 is 14.7 Å². The first-order chi connectivity index (χ1) is 19.4. The van der Waals surface area contributed by atoms with Gasteiger partial charge in [0.2, 0.25) is 5.91 Å². The van der Waals surface area contributed by atoms with Gasteiger partial charge in [0.1, 0.15) is 23.3 Å². The van der Waals surface area contributed by atoms with Crippen molar-refractivity contribution in [1.29, 1.82) is 0 Å². The second-order valence-corrected chi connectivity index (χ2v) is 10.8. The Bertz CT molecular complexity index is 1540. The second-order valence-electron chi connectivity index (χ2n) is 10.8. The number of carbonyl (C=O) groups excluding carboxylic acids is 1. The number of aromatic nitrogens is 5. The fourth-order valence-corrected chi connectivity index (χ4v) is 5.75. The number of pyridine rings is 1. The molecule has 0 unspecified atom stereocenters. The molecule has 208 valence electrons. The average molecular weight is 547 g/mol. The predicted octanol–water partition coefficient (Wildman–Crippen LogP) is 3.11. The molecule has 0 radical (unpaired) electrons. The summed E-state index contributed by atoms with van der Waals surface area (Å²) in [5.74, 6) is 0.541. The van der Waals surface area contributed by atoms with Gasteiger partial charge in [0.05, 0.1) is 30.1 Å². The van der Waals surface area contributed by atoms with E-state index in [-0.39, 0.29) is 35.9 Å². The van der Waals surface area contributed by atoms with Crippen LogP contribution in [0.1, 0.15) is 38.5 Å². The summed E-state index contributed by atoms with van der Waals surface area (Å²) in [6, 6.07) is 9.45. The highest BCUT2D eigenvalue weighted by Gasteiger charge is 2.37. The van der Waals surface area contributed by atoms with Gasteiger partial charge in [-0.1, -0.05) is 0 Å². The minimum atomic E-state index is -1.13. The lowest BCUT2D eigenvalue weighted by Crippen LogP contribution is -2.51. The number of carbonyl (C=O) groups is 1. The molecule has 1 amide bonds. The SMILES string of the molecule is O=c1c2cnn(-c3ccc(F)cc3)c2ncn1CC1(O)CCN(C(=O)[C@H]2CC[C@H](Oc3ccncc3)CC2)CC1. The minimum Gasteiger partial charge on any atom is -0.490 e. The molecule has 11 heteroatoms. The molecule has 1 saturated heterocycles. The average Bonchev–Trinajstić information content (AvgIpc) is 3.41. The van der Waals surface area contributed by atoms with Crippen molar-refractivity contribution in [3.63, 3.8) is 0 Å². The molecule has 2 fully saturated rings. The van der Waals surface area contributed by atoms with E-state index in [0.717, 1.165) is 31.4 Å². The lowest BCUT2D eigenvalue weighted by molar-refractivity contribution is -0.141. The number of likely N-dealkylation sites (tertiary alicyclic amines) is 1. The van der Waals surface area contributed by atoms with Gasteiger partial charge in [-0.15, -0.1) is 0 Å². The normalized spacial score (nSPS) is 20.9. The molecule has 1 N–H and O–H groups in total. The van der Waals surface area contributed by atoms with Gasteiger partial charge in [-0.05, 0) is 74.9 Å². The molecule has 0 bridgehead atoms. The highest BCUT2D eigenvalue weighted by molar-refractivity contribution is 5.79. The molecule has 1 aliphatic heterocycles. The van der Waals surface area contributed by atoms with Crippen molar-refractivity contribution in [2.45, 2.75) is 56.8 Å². The van der Waals surface area contributed by atoms with E-state index in [1.165, 1.54) is 33.9 Å². The number of hydrogen-bond donors (Lipinski definition) is 1. The number of ether oxygens (including phenoxy) is 1. The van der Waals surface area contributed by atoms with E-state index in [0.29, 0.717) is 42.7 Å². The number of nitrogens with zero attached hydrogens (tertiary/aromatic N) is 6. The Morgan fingerprint density at radius 2 is 1.75 bits per heavy atom. The van der Waals surface area contributed by atoms with Crippen LogP contribution in [0.5, 0.6) is 5.75 Å². The summed E-state index contributed by atoms with van der Waals surface area (Å²) in [5.41, 5.74) is -0.484. The monoisotopic (exact) mass is 546 g/mol. The molecule has 2 aliphatic rings. The number of halogens is 1. The van der Waals surface area contributed by atoms with E-state index in [9.17, 15) is 19.1 Å². The molecule has 0 atom stereocenters. The molecule has 1 aliphatic carbocycles. The lowest BCUT2D eigenvalue weighted by Gasteiger charge is -2.40. The summed E-state index contributed by atoms with van der Waals surface area (Å²) < 4.78 is 22.2. The van der Waals surface area contributed by atoms with E-state index < -0.39 is 5.60 Å². The van der Waals surface area contributed by atoms with Crippen molar-refractivity contribution in [3.8, 4) is 11.4 Å². The third-order valence-electron chi connectivity index (χ3n) is 8.07. The van der Waals surface area contributed by atoms with Crippen LogP contribution < -0.4 is 10.3 Å². The zero-order valence-electron chi connectivity index (χ0n) is 22.0. The molecule has 1 saturated carbocycles. The molecule has 4 aromatic rings. The van der Waals surface area contributed by atoms with Crippen molar-refractivity contribution < 1.29 is 19.0 Å². The molecule has 6 rings (SSSR count). The Labute approximate surface area is 230 Å². The highest BCUT2D eigenvalue weighted by Crippen LogP contribution is 2.31. The van der Waals surface area contributed by atoms with Crippen molar-refractivity contribution in [3.05, 3.63) is 77.5 Å². The van der Waals surface area contributed by atoms with E-state index in [2.05, 4.69) is 15.1 Å². The minimum absolute atomic E-state index is 0.0321. The van der Waals surface area contributed by atoms with Crippen LogP contribution in [0.3, 0.4) is 0 Å². The smallest absolute Gasteiger partial charge is 0.264 e. The summed E-state index contributed by atoms with van der Waals surface area (Å²) in [7, 11) is 0. The lowest BCUT2D eigenvalue weighted by atomic mass is 9.85. The van der Waals surface area contributed by atoms with Gasteiger partial charge in [-0.3, -0.25) is 19.1 Å². The van der Waals surface area contributed by atoms with Crippen LogP contribution in [-0.2, 0) is 11.3 Å². The van der Waals surface area contributed by atoms with Gasteiger partial charge in [0, 0.05) is 31.4 Å². The molecule has 10 nitrogen and oxygen atoms in total. The van der Waals surface area contributed by atoms with E-state index >= 15 is 0 Å². The van der Waals surface area contributed by atoms with E-state index in [4.69, 9.17) is 4.74 Å². The number of rotatable bonds is 6. The topological polar surface area (TPSA) is 115 Å². The maximum atomic E-state index is 13.3. The van der Waals surface area contributed by atoms with Crippen LogP contribution in [0.15, 0.2) is 66.1 Å². The molecule has 3 aromatic heterocycles. The molecule has 1 aromatic carbocycles. The highest BCUT2D eigenvalue weighted by atomic mass is 19.1. The van der Waals surface area contributed by atoms with Crippen LogP contribution in [0.25, 0.3) is 16.7 Å². The van der Waals surface area contributed by atoms with Gasteiger partial charge in [-0.2, -0.15) is 5.10 Å². The zero-order valence-corrected chi connectivity index (χ0v) is 22.0. The van der Waals surface area contributed by atoms with E-state index in [1.54, 1.807) is 24.5 Å². The van der Waals surface area contributed by atoms with Gasteiger partial charge in [0.15, 0.2) is 5.65 Å². The number of fused-ring (bicyclic) bond motifs is 1. The Morgan fingerprint density at radius 3 is 2.45 bits per heavy atom. The second kappa shape index (κ2) is 10.8. The number of hydrogen-bond acceptors (Lipinski definition) is 7. The van der Waals surface area contributed by atoms with Crippen LogP contribution in [0, 0.1) is 11.7 Å². The van der Waals surface area contributed by atoms with Crippen LogP contribution in [-0.4, -0.2) is 65.0 Å². The quantitative estimate of drug-likeness (QED) is 0.395. The third-order valence-corrected chi connectivity index (χ3v) is 8.07. The van der Waals surface area contributed by atoms with Crippen molar-refractivity contribution in [2.24, 2.45) is 5.92 Å². The number of aliphatic hydroxyl groups is 1. The van der Waals surface area contributed by atoms with Crippen molar-refractivity contribution in [2.75, 3.05) is 13.1 Å². The zero-order chi connectivity index (χ0) is 27.7. The molecule has 40 heavy (non-hydrogen) atoms. The summed E-state index contributed by atoms with van der Waals surface area (Å²) in [6.07, 6.45) is 10.3. The van der Waals surface area contributed by atoms with Crippen LogP contribution in [0.4, 0.5) is 4.39 Å². The molecular weight excluding hydrogens is 515 g/mol. The van der Waals surface area contributed by atoms with Gasteiger partial charge in [-0.25, -0.2) is 14.1 Å². The Hall–Kier alpha value is -4.12. The molecular formula is C29H31FN6O4. The molecule has 4 heterocycles. The standard InChI is InChI=1S/C29H31FN6O4/c30-21-3-5-22(6-4-21)36-26-25(17-33-36)28(38)35(19-32-26)18-29(39)11-15-34(16-12-29)27(37)20-1-7-23(8-2-20)40-24-9-13-31-14-10-24/h3-6,9-10,13-14,17,19-20,23,39H,1-2,7-8,11-12,15-16,18H2/t20-,23-. The first-order valence-electron chi connectivity index (χ1n) is 13.7. The maximum Gasteiger partial charge on any atom is 0.264 e. The summed E-state index contributed by atoms with van der Waals surface area (Å²) in [6.45, 7) is 0.960. The maximum absolute atomic E-state index is 13.3. The van der Waals surface area contributed by atoms with Crippen LogP contribution in [0.2, 0.25) is 0 Å².